The molecular weight excluding hydrogens is 411 g/mol. The number of hydrogen-bond acceptors (Lipinski definition) is 3. The molecule has 1 atom stereocenters. The van der Waals surface area contributed by atoms with Gasteiger partial charge in [0.15, 0.2) is 5.25 Å². The second-order valence-electron chi connectivity index (χ2n) is 7.84. The number of urea groups is 1. The number of imide groups is 1. The highest BCUT2D eigenvalue weighted by molar-refractivity contribution is 8.02. The number of thioether (sulfide) groups is 1. The van der Waals surface area contributed by atoms with Gasteiger partial charge in [0.25, 0.3) is 0 Å². The predicted octanol–water partition coefficient (Wildman–Crippen LogP) is 5.09. The Morgan fingerprint density at radius 3 is 2.58 bits per heavy atom. The Hall–Kier alpha value is -3.25. The molecule has 3 aromatic rings. The first-order chi connectivity index (χ1) is 14.9. The van der Waals surface area contributed by atoms with Crippen LogP contribution in [0, 0.1) is 19.7 Å². The number of nitrogens with zero attached hydrogens (tertiary/aromatic N) is 2. The van der Waals surface area contributed by atoms with E-state index in [1.807, 2.05) is 55.5 Å². The molecule has 6 heteroatoms. The topological polar surface area (TPSA) is 40.4 Å². The van der Waals surface area contributed by atoms with Gasteiger partial charge in [-0.15, -0.1) is 16.7 Å². The largest absolute Gasteiger partial charge is 0.506 e. The van der Waals surface area contributed by atoms with E-state index in [4.69, 9.17) is 0 Å². The Balaban J connectivity index is 1.68. The van der Waals surface area contributed by atoms with Gasteiger partial charge in [0.1, 0.15) is 23.8 Å². The molecule has 2 aliphatic heterocycles. The molecule has 2 heterocycles. The molecule has 0 aromatic heterocycles. The molecule has 0 fully saturated rings. The Morgan fingerprint density at radius 2 is 1.81 bits per heavy atom. The van der Waals surface area contributed by atoms with Crippen LogP contribution in [0.2, 0.25) is 0 Å². The summed E-state index contributed by atoms with van der Waals surface area (Å²) in [5, 5.41) is -0.552. The van der Waals surface area contributed by atoms with Crippen molar-refractivity contribution in [3.63, 3.8) is 0 Å². The van der Waals surface area contributed by atoms with E-state index in [9.17, 15) is 14.0 Å². The van der Waals surface area contributed by atoms with E-state index in [0.717, 1.165) is 26.5 Å². The molecule has 3 amide bonds. The molecule has 31 heavy (non-hydrogen) atoms. The molecule has 154 valence electrons. The quantitative estimate of drug-likeness (QED) is 0.543. The molecule has 0 radical (unpaired) electrons. The van der Waals surface area contributed by atoms with Crippen LogP contribution in [0.4, 0.5) is 14.9 Å². The molecule has 2 aliphatic rings. The number of amides is 3. The van der Waals surface area contributed by atoms with Crippen LogP contribution in [0.15, 0.2) is 71.6 Å². The summed E-state index contributed by atoms with van der Waals surface area (Å²) in [6.07, 6.45) is 0. The lowest BCUT2D eigenvalue weighted by Crippen LogP contribution is -2.55. The van der Waals surface area contributed by atoms with Crippen LogP contribution in [-0.2, 0) is 11.3 Å². The van der Waals surface area contributed by atoms with Gasteiger partial charge >= 0.3 is 11.9 Å². The number of benzene rings is 3. The fourth-order valence-corrected chi connectivity index (χ4v) is 5.38. The van der Waals surface area contributed by atoms with Crippen molar-refractivity contribution >= 4 is 35.1 Å². The van der Waals surface area contributed by atoms with Crippen LogP contribution in [0.5, 0.6) is 0 Å². The highest BCUT2D eigenvalue weighted by atomic mass is 32.2. The summed E-state index contributed by atoms with van der Waals surface area (Å²) in [6, 6.07) is 19.7. The van der Waals surface area contributed by atoms with Gasteiger partial charge in [-0.3, -0.25) is 0 Å². The second kappa shape index (κ2) is 7.46. The number of halogens is 1. The van der Waals surface area contributed by atoms with Crippen molar-refractivity contribution in [1.82, 2.24) is 0 Å². The summed E-state index contributed by atoms with van der Waals surface area (Å²) in [5.41, 5.74) is 4.40. The minimum absolute atomic E-state index is 0.253. The van der Waals surface area contributed by atoms with Crippen LogP contribution in [-0.4, -0.2) is 27.5 Å². The van der Waals surface area contributed by atoms with E-state index < -0.39 is 17.1 Å². The predicted molar refractivity (Wildman–Crippen MR) is 119 cm³/mol. The van der Waals surface area contributed by atoms with E-state index in [-0.39, 0.29) is 11.6 Å². The van der Waals surface area contributed by atoms with Gasteiger partial charge in [-0.25, -0.2) is 9.18 Å². The summed E-state index contributed by atoms with van der Waals surface area (Å²) in [4.78, 5) is 29.2. The Labute approximate surface area is 184 Å². The summed E-state index contributed by atoms with van der Waals surface area (Å²) in [7, 11) is 0. The van der Waals surface area contributed by atoms with E-state index in [0.29, 0.717) is 17.8 Å². The number of carbonyl (C=O) groups excluding carboxylic acids is 2. The molecule has 4 nitrogen and oxygen atoms in total. The average molecular weight is 432 g/mol. The smallest absolute Gasteiger partial charge is 0.244 e. The zero-order chi connectivity index (χ0) is 21.7. The van der Waals surface area contributed by atoms with Crippen molar-refractivity contribution in [3.05, 3.63) is 94.8 Å². The first-order valence-corrected chi connectivity index (χ1v) is 10.9. The minimum Gasteiger partial charge on any atom is -0.244 e. The first-order valence-electron chi connectivity index (χ1n) is 10.0. The molecule has 0 saturated heterocycles. The van der Waals surface area contributed by atoms with Gasteiger partial charge < -0.3 is 0 Å². The third-order valence-corrected chi connectivity index (χ3v) is 6.92. The SMILES string of the molecule is Cc1cccc(C[N+]2=C3c4ccccc4SC3C(=O)N(c3ccc(C)c(F)c3)C2=O)c1. The molecule has 0 aliphatic carbocycles. The van der Waals surface area contributed by atoms with Gasteiger partial charge in [0.2, 0.25) is 0 Å². The second-order valence-corrected chi connectivity index (χ2v) is 8.99. The lowest BCUT2D eigenvalue weighted by molar-refractivity contribution is -0.444. The number of anilines is 1. The van der Waals surface area contributed by atoms with Crippen LogP contribution in [0.3, 0.4) is 0 Å². The third kappa shape index (κ3) is 3.27. The molecule has 0 spiro atoms. The van der Waals surface area contributed by atoms with Crippen LogP contribution in [0.1, 0.15) is 22.3 Å². The Kier molecular flexibility index (Phi) is 4.74. The lowest BCUT2D eigenvalue weighted by atomic mass is 10.0. The summed E-state index contributed by atoms with van der Waals surface area (Å²) in [5.74, 6) is -0.787. The Bertz CT molecular complexity index is 1280. The van der Waals surface area contributed by atoms with Gasteiger partial charge in [-0.2, -0.15) is 9.37 Å². The first kappa shape index (κ1) is 19.7. The van der Waals surface area contributed by atoms with Crippen molar-refractivity contribution in [2.45, 2.75) is 30.5 Å². The molecule has 0 saturated carbocycles. The molecular formula is C25H20FN2O2S+. The Morgan fingerprint density at radius 1 is 1.00 bits per heavy atom. The molecule has 3 aromatic carbocycles. The maximum atomic E-state index is 14.3. The third-order valence-electron chi connectivity index (χ3n) is 5.65. The number of fused-ring (bicyclic) bond motifs is 3. The summed E-state index contributed by atoms with van der Waals surface area (Å²) < 4.78 is 16.0. The number of aryl methyl sites for hydroxylation is 2. The van der Waals surface area contributed by atoms with Crippen LogP contribution in [0.25, 0.3) is 0 Å². The highest BCUT2D eigenvalue weighted by Crippen LogP contribution is 2.41. The van der Waals surface area contributed by atoms with Gasteiger partial charge in [-0.1, -0.05) is 48.0 Å². The molecule has 0 N–H and O–H groups in total. The van der Waals surface area contributed by atoms with Crippen molar-refractivity contribution in [1.29, 1.82) is 0 Å². The monoisotopic (exact) mass is 431 g/mol. The number of carbonyl (C=O) groups is 2. The highest BCUT2D eigenvalue weighted by Gasteiger charge is 2.53. The minimum atomic E-state index is -0.552. The van der Waals surface area contributed by atoms with E-state index in [2.05, 4.69) is 0 Å². The number of rotatable bonds is 3. The van der Waals surface area contributed by atoms with Crippen molar-refractivity contribution in [2.75, 3.05) is 4.90 Å². The van der Waals surface area contributed by atoms with E-state index in [1.165, 1.54) is 17.8 Å². The average Bonchev–Trinajstić information content (AvgIpc) is 3.14. The van der Waals surface area contributed by atoms with E-state index >= 15 is 0 Å². The molecule has 0 bridgehead atoms. The lowest BCUT2D eigenvalue weighted by Gasteiger charge is -2.24. The summed E-state index contributed by atoms with van der Waals surface area (Å²) in [6.45, 7) is 3.99. The van der Waals surface area contributed by atoms with Crippen LogP contribution >= 0.6 is 11.8 Å². The zero-order valence-corrected chi connectivity index (χ0v) is 17.9. The number of hydrogen-bond donors (Lipinski definition) is 0. The van der Waals surface area contributed by atoms with Crippen molar-refractivity contribution in [2.24, 2.45) is 0 Å². The van der Waals surface area contributed by atoms with Crippen molar-refractivity contribution in [3.8, 4) is 0 Å². The summed E-state index contributed by atoms with van der Waals surface area (Å²) >= 11 is 1.44. The fourth-order valence-electron chi connectivity index (χ4n) is 4.10. The maximum Gasteiger partial charge on any atom is 0.506 e. The van der Waals surface area contributed by atoms with Gasteiger partial charge in [0.05, 0.1) is 0 Å². The van der Waals surface area contributed by atoms with E-state index in [1.54, 1.807) is 23.6 Å². The van der Waals surface area contributed by atoms with Crippen molar-refractivity contribution < 1.29 is 18.6 Å². The maximum absolute atomic E-state index is 14.3. The van der Waals surface area contributed by atoms with Gasteiger partial charge in [-0.05, 0) is 43.2 Å². The zero-order valence-electron chi connectivity index (χ0n) is 17.1. The molecule has 1 unspecified atom stereocenters. The molecule has 5 rings (SSSR count). The fraction of sp³-hybridized carbons (Fsp3) is 0.160. The normalized spacial score (nSPS) is 17.8. The van der Waals surface area contributed by atoms with Gasteiger partial charge in [0, 0.05) is 16.5 Å². The van der Waals surface area contributed by atoms with Crippen LogP contribution < -0.4 is 4.90 Å². The standard InChI is InChI=1S/C25H20FN2O2S/c1-15-6-5-7-17(12-15)14-27-22-19-8-3-4-9-21(19)31-23(22)24(29)28(25(27)30)18-11-10-16(2)20(26)13-18/h3-13,23H,14H2,1-2H3/q+1.